The Bertz CT molecular complexity index is 1500. The highest BCUT2D eigenvalue weighted by Gasteiger charge is 2.57. The number of thiophene rings is 1. The molecule has 0 radical (unpaired) electrons. The van der Waals surface area contributed by atoms with Crippen molar-refractivity contribution in [2.75, 3.05) is 18.1 Å². The molecule has 290 valence electrons. The van der Waals surface area contributed by atoms with Crippen molar-refractivity contribution in [1.82, 2.24) is 4.90 Å². The van der Waals surface area contributed by atoms with Gasteiger partial charge in [-0.1, -0.05) is 56.3 Å². The van der Waals surface area contributed by atoms with E-state index in [2.05, 4.69) is 30.5 Å². The summed E-state index contributed by atoms with van der Waals surface area (Å²) >= 11 is 0.371. The first-order chi connectivity index (χ1) is 24.8. The van der Waals surface area contributed by atoms with E-state index >= 15 is 0 Å². The Hall–Kier alpha value is -1.89. The average Bonchev–Trinajstić information content (AvgIpc) is 3.69. The van der Waals surface area contributed by atoms with Crippen LogP contribution in [-0.4, -0.2) is 56.9 Å². The second kappa shape index (κ2) is 16.9. The summed E-state index contributed by atoms with van der Waals surface area (Å²) in [6.07, 6.45) is 6.11. The van der Waals surface area contributed by atoms with Crippen molar-refractivity contribution in [3.8, 4) is 5.75 Å². The fourth-order valence-electron chi connectivity index (χ4n) is 9.91. The first-order valence-electron chi connectivity index (χ1n) is 19.4. The van der Waals surface area contributed by atoms with Gasteiger partial charge in [0.1, 0.15) is 17.3 Å². The summed E-state index contributed by atoms with van der Waals surface area (Å²) < 4.78 is 81.1. The lowest BCUT2D eigenvalue weighted by atomic mass is 9.52. The summed E-state index contributed by atoms with van der Waals surface area (Å²) in [6, 6.07) is 8.38. The van der Waals surface area contributed by atoms with Gasteiger partial charge in [-0.15, -0.1) is 11.3 Å². The summed E-state index contributed by atoms with van der Waals surface area (Å²) in [6.45, 7) is 3.56. The smallest absolute Gasteiger partial charge is 0.453 e. The molecular weight excluding hydrogens is 718 g/mol. The van der Waals surface area contributed by atoms with E-state index in [4.69, 9.17) is 4.74 Å². The van der Waals surface area contributed by atoms with Crippen LogP contribution in [0.4, 0.5) is 26.7 Å². The standard InChI is InChI=1S/C40H54F5NO4S2/c1-38-19-15-32-31-12-11-30(50-37(48)46-20-16-34-28(26-46)17-21-51-34)25-29(31)24-27(36(32)33(38)13-14-35(38)47)10-7-5-3-2-4-6-8-22-52(49)23-9-18-39(41,42)40(43,44)45/h11-12,17,21,25,27,32-33,35-36,47H,2-10,13-16,18-20,22-24,26H2,1H3/t27-,32-,33+,35+,36-,38+,52?/m1/s1. The van der Waals surface area contributed by atoms with Gasteiger partial charge in [-0.05, 0) is 134 Å². The highest BCUT2D eigenvalue weighted by Crippen LogP contribution is 2.62. The minimum atomic E-state index is -5.56. The van der Waals surface area contributed by atoms with Crippen molar-refractivity contribution in [2.24, 2.45) is 23.2 Å². The zero-order valence-electron chi connectivity index (χ0n) is 30.2. The zero-order chi connectivity index (χ0) is 37.1. The molecule has 4 aliphatic rings. The maximum atomic E-state index is 13.2. The van der Waals surface area contributed by atoms with Crippen LogP contribution in [-0.2, 0) is 30.6 Å². The van der Waals surface area contributed by atoms with Crippen LogP contribution in [0, 0.1) is 23.2 Å². The number of hydrogen-bond donors (Lipinski definition) is 1. The van der Waals surface area contributed by atoms with Crippen LogP contribution in [0.25, 0.3) is 0 Å². The molecule has 52 heavy (non-hydrogen) atoms. The molecule has 2 fully saturated rings. The predicted octanol–water partition coefficient (Wildman–Crippen LogP) is 10.6. The number of ether oxygens (including phenoxy) is 1. The monoisotopic (exact) mass is 771 g/mol. The molecule has 6 rings (SSSR count). The summed E-state index contributed by atoms with van der Waals surface area (Å²) in [5.74, 6) is -1.90. The molecule has 1 aromatic heterocycles. The van der Waals surface area contributed by atoms with Crippen LogP contribution in [0.1, 0.15) is 124 Å². The number of nitrogens with zero attached hydrogens (tertiary/aromatic N) is 1. The largest absolute Gasteiger partial charge is 0.616 e. The molecule has 12 heteroatoms. The number of halogens is 5. The number of hydrogen-bond acceptors (Lipinski definition) is 5. The van der Waals surface area contributed by atoms with Gasteiger partial charge >= 0.3 is 18.2 Å². The normalized spacial score (nSPS) is 27.8. The Labute approximate surface area is 312 Å². The van der Waals surface area contributed by atoms with E-state index in [1.165, 1.54) is 21.6 Å². The molecule has 0 bridgehead atoms. The fraction of sp³-hybridized carbons (Fsp3) is 0.725. The Morgan fingerprint density at radius 1 is 1.00 bits per heavy atom. The number of rotatable bonds is 15. The molecule has 1 aliphatic heterocycles. The van der Waals surface area contributed by atoms with Gasteiger partial charge in [0.2, 0.25) is 0 Å². The van der Waals surface area contributed by atoms with Crippen LogP contribution in [0.15, 0.2) is 29.6 Å². The molecular formula is C40H54F5NO4S2. The summed E-state index contributed by atoms with van der Waals surface area (Å²) in [7, 11) is 0. The number of amides is 1. The quantitative estimate of drug-likeness (QED) is 0.111. The minimum Gasteiger partial charge on any atom is -0.616 e. The molecule has 2 aromatic rings. The molecule has 2 heterocycles. The molecule has 1 unspecified atom stereocenters. The highest BCUT2D eigenvalue weighted by atomic mass is 32.2. The van der Waals surface area contributed by atoms with E-state index in [0.29, 0.717) is 54.7 Å². The molecule has 5 nitrogen and oxygen atoms in total. The van der Waals surface area contributed by atoms with E-state index in [-0.39, 0.29) is 23.4 Å². The summed E-state index contributed by atoms with van der Waals surface area (Å²) in [5.41, 5.74) is 3.87. The molecule has 3 aliphatic carbocycles. The van der Waals surface area contributed by atoms with Gasteiger partial charge < -0.3 is 19.3 Å². The third-order valence-corrected chi connectivity index (χ3v) is 15.3. The van der Waals surface area contributed by atoms with Gasteiger partial charge in [0, 0.05) is 17.8 Å². The number of unbranched alkanes of at least 4 members (excludes halogenated alkanes) is 6. The van der Waals surface area contributed by atoms with Gasteiger partial charge in [-0.2, -0.15) is 22.0 Å². The number of alkyl halides is 5. The number of carbonyl (C=O) groups is 1. The van der Waals surface area contributed by atoms with Crippen molar-refractivity contribution in [1.29, 1.82) is 0 Å². The van der Waals surface area contributed by atoms with Crippen molar-refractivity contribution in [3.05, 3.63) is 51.2 Å². The molecule has 0 saturated heterocycles. The summed E-state index contributed by atoms with van der Waals surface area (Å²) in [5, 5.41) is 13.1. The topological polar surface area (TPSA) is 72.8 Å². The Morgan fingerprint density at radius 3 is 2.50 bits per heavy atom. The highest BCUT2D eigenvalue weighted by molar-refractivity contribution is 7.91. The number of benzene rings is 1. The number of fused-ring (bicyclic) bond motifs is 6. The van der Waals surface area contributed by atoms with Crippen LogP contribution >= 0.6 is 11.3 Å². The summed E-state index contributed by atoms with van der Waals surface area (Å²) in [4.78, 5) is 16.3. The second-order valence-electron chi connectivity index (χ2n) is 16.1. The van der Waals surface area contributed by atoms with Crippen molar-refractivity contribution < 1.29 is 41.1 Å². The molecule has 1 N–H and O–H groups in total. The molecule has 0 spiro atoms. The third kappa shape index (κ3) is 8.97. The second-order valence-corrected chi connectivity index (χ2v) is 18.8. The van der Waals surface area contributed by atoms with E-state index in [1.807, 2.05) is 6.07 Å². The van der Waals surface area contributed by atoms with Crippen LogP contribution in [0.3, 0.4) is 0 Å². The predicted molar refractivity (Wildman–Crippen MR) is 195 cm³/mol. The van der Waals surface area contributed by atoms with E-state index in [0.717, 1.165) is 83.5 Å². The molecule has 1 amide bonds. The van der Waals surface area contributed by atoms with Crippen LogP contribution in [0.5, 0.6) is 5.75 Å². The molecule has 2 saturated carbocycles. The maximum absolute atomic E-state index is 13.2. The first-order valence-corrected chi connectivity index (χ1v) is 21.8. The lowest BCUT2D eigenvalue weighted by Gasteiger charge is -2.53. The van der Waals surface area contributed by atoms with Crippen molar-refractivity contribution >= 4 is 28.6 Å². The average molecular weight is 772 g/mol. The Morgan fingerprint density at radius 2 is 1.73 bits per heavy atom. The number of carbonyl (C=O) groups excluding carboxylic acids is 1. The van der Waals surface area contributed by atoms with Gasteiger partial charge in [0.25, 0.3) is 0 Å². The van der Waals surface area contributed by atoms with Gasteiger partial charge in [-0.25, -0.2) is 4.79 Å². The first kappa shape index (κ1) is 39.8. The van der Waals surface area contributed by atoms with Crippen LogP contribution < -0.4 is 4.74 Å². The molecule has 7 atom stereocenters. The van der Waals surface area contributed by atoms with Crippen LogP contribution in [0.2, 0.25) is 0 Å². The number of aliphatic hydroxyl groups excluding tert-OH is 1. The van der Waals surface area contributed by atoms with Gasteiger partial charge in [0.15, 0.2) is 0 Å². The minimum absolute atomic E-state index is 0.0268. The van der Waals surface area contributed by atoms with Crippen molar-refractivity contribution in [2.45, 2.75) is 140 Å². The van der Waals surface area contributed by atoms with E-state index in [9.17, 15) is 36.4 Å². The third-order valence-electron chi connectivity index (χ3n) is 12.8. The maximum Gasteiger partial charge on any atom is 0.453 e. The Balaban J connectivity index is 0.972. The van der Waals surface area contributed by atoms with E-state index < -0.39 is 36.1 Å². The lowest BCUT2D eigenvalue weighted by Crippen LogP contribution is -2.47. The fourth-order valence-corrected chi connectivity index (χ4v) is 12.0. The lowest BCUT2D eigenvalue weighted by molar-refractivity contribution is -0.284. The van der Waals surface area contributed by atoms with Crippen molar-refractivity contribution in [3.63, 3.8) is 0 Å². The molecule has 1 aromatic carbocycles. The van der Waals surface area contributed by atoms with E-state index in [1.54, 1.807) is 16.2 Å². The van der Waals surface area contributed by atoms with Gasteiger partial charge in [-0.3, -0.25) is 0 Å². The zero-order valence-corrected chi connectivity index (χ0v) is 31.9. The van der Waals surface area contributed by atoms with Gasteiger partial charge in [0.05, 0.1) is 12.6 Å². The Kier molecular flexibility index (Phi) is 12.9. The SMILES string of the molecule is C[C@]12CC[C@@H]3c4ccc(OC(=O)N5CCc6sccc6C5)cc4C[C@@H](CCCCCCCCC[S+]([O-])CCCC(F)(F)C(F)(F)F)[C@H]3[C@@H]1CC[C@@H]2O. The number of aliphatic hydroxyl groups is 1.